The maximum absolute atomic E-state index is 12.4. The highest BCUT2D eigenvalue weighted by Gasteiger charge is 2.30. The summed E-state index contributed by atoms with van der Waals surface area (Å²) < 4.78 is 37.1. The van der Waals surface area contributed by atoms with E-state index in [9.17, 15) is 18.3 Å². The quantitative estimate of drug-likeness (QED) is 0.878. The molecule has 1 rings (SSSR count). The van der Waals surface area contributed by atoms with Gasteiger partial charge in [0.25, 0.3) is 0 Å². The summed E-state index contributed by atoms with van der Waals surface area (Å²) >= 11 is 5.72. The minimum Gasteiger partial charge on any atom is -0.389 e. The largest absolute Gasteiger partial charge is 0.416 e. The van der Waals surface area contributed by atoms with E-state index in [4.69, 9.17) is 11.6 Å². The topological polar surface area (TPSA) is 32.3 Å². The van der Waals surface area contributed by atoms with E-state index in [2.05, 4.69) is 5.32 Å². The van der Waals surface area contributed by atoms with Crippen LogP contribution in [0.4, 0.5) is 18.9 Å². The van der Waals surface area contributed by atoms with E-state index in [1.165, 1.54) is 6.07 Å². The molecule has 6 heteroatoms. The Bertz CT molecular complexity index is 399. The van der Waals surface area contributed by atoms with Gasteiger partial charge in [0.1, 0.15) is 0 Å². The van der Waals surface area contributed by atoms with Crippen molar-refractivity contribution < 1.29 is 18.3 Å². The van der Waals surface area contributed by atoms with Crippen molar-refractivity contribution in [1.29, 1.82) is 0 Å². The van der Waals surface area contributed by atoms with E-state index in [0.29, 0.717) is 5.69 Å². The standard InChI is InChI=1S/C11H13ClF3NO/c1-10(2,17)6-16-9-4-3-7(5-8(9)12)11(13,14)15/h3-5,16-17H,6H2,1-2H3. The number of rotatable bonds is 3. The van der Waals surface area contributed by atoms with Crippen molar-refractivity contribution in [3.8, 4) is 0 Å². The van der Waals surface area contributed by atoms with Crippen LogP contribution in [0.5, 0.6) is 0 Å². The Labute approximate surface area is 102 Å². The Kier molecular flexibility index (Phi) is 3.94. The van der Waals surface area contributed by atoms with Crippen LogP contribution in [-0.4, -0.2) is 17.3 Å². The lowest BCUT2D eigenvalue weighted by Gasteiger charge is -2.19. The fourth-order valence-corrected chi connectivity index (χ4v) is 1.39. The molecule has 17 heavy (non-hydrogen) atoms. The molecule has 1 aromatic carbocycles. The van der Waals surface area contributed by atoms with E-state index in [1.807, 2.05) is 0 Å². The first-order chi connectivity index (χ1) is 7.59. The molecule has 0 aliphatic carbocycles. The molecule has 2 nitrogen and oxygen atoms in total. The van der Waals surface area contributed by atoms with Crippen molar-refractivity contribution >= 4 is 17.3 Å². The summed E-state index contributed by atoms with van der Waals surface area (Å²) in [6.07, 6.45) is -4.40. The highest BCUT2D eigenvalue weighted by atomic mass is 35.5. The molecule has 2 N–H and O–H groups in total. The Hall–Kier alpha value is -0.940. The van der Waals surface area contributed by atoms with Crippen LogP contribution in [0.1, 0.15) is 19.4 Å². The predicted molar refractivity (Wildman–Crippen MR) is 61.2 cm³/mol. The van der Waals surface area contributed by atoms with Gasteiger partial charge in [-0.2, -0.15) is 13.2 Å². The first kappa shape index (κ1) is 14.1. The normalized spacial score (nSPS) is 12.6. The van der Waals surface area contributed by atoms with Crippen LogP contribution in [0.25, 0.3) is 0 Å². The second kappa shape index (κ2) is 4.74. The third kappa shape index (κ3) is 4.44. The van der Waals surface area contributed by atoms with Crippen LogP contribution in [0.2, 0.25) is 5.02 Å². The van der Waals surface area contributed by atoms with Crippen LogP contribution in [0.15, 0.2) is 18.2 Å². The van der Waals surface area contributed by atoms with Gasteiger partial charge in [0.2, 0.25) is 0 Å². The number of nitrogens with one attached hydrogen (secondary N) is 1. The molecule has 0 saturated heterocycles. The van der Waals surface area contributed by atoms with Gasteiger partial charge in [-0.1, -0.05) is 11.6 Å². The van der Waals surface area contributed by atoms with Crippen molar-refractivity contribution in [1.82, 2.24) is 0 Å². The lowest BCUT2D eigenvalue weighted by molar-refractivity contribution is -0.137. The minimum absolute atomic E-state index is 0.0240. The highest BCUT2D eigenvalue weighted by molar-refractivity contribution is 6.33. The summed E-state index contributed by atoms with van der Waals surface area (Å²) in [5.74, 6) is 0. The first-order valence-corrected chi connectivity index (χ1v) is 5.30. The van der Waals surface area contributed by atoms with Gasteiger partial charge < -0.3 is 10.4 Å². The number of benzene rings is 1. The van der Waals surface area contributed by atoms with Gasteiger partial charge in [0.05, 0.1) is 21.9 Å². The lowest BCUT2D eigenvalue weighted by atomic mass is 10.1. The lowest BCUT2D eigenvalue weighted by Crippen LogP contribution is -2.29. The summed E-state index contributed by atoms with van der Waals surface area (Å²) in [6.45, 7) is 3.36. The van der Waals surface area contributed by atoms with Gasteiger partial charge in [-0.25, -0.2) is 0 Å². The van der Waals surface area contributed by atoms with Gasteiger partial charge in [0.15, 0.2) is 0 Å². The number of halogens is 4. The number of hydrogen-bond donors (Lipinski definition) is 2. The van der Waals surface area contributed by atoms with Gasteiger partial charge >= 0.3 is 6.18 Å². The maximum atomic E-state index is 12.4. The second-order valence-corrected chi connectivity index (χ2v) is 4.77. The maximum Gasteiger partial charge on any atom is 0.416 e. The van der Waals surface area contributed by atoms with Crippen molar-refractivity contribution in [3.05, 3.63) is 28.8 Å². The average molecular weight is 268 g/mol. The van der Waals surface area contributed by atoms with Crippen LogP contribution in [0.3, 0.4) is 0 Å². The molecule has 0 unspecified atom stereocenters. The smallest absolute Gasteiger partial charge is 0.389 e. The van der Waals surface area contributed by atoms with E-state index in [0.717, 1.165) is 12.1 Å². The predicted octanol–water partition coefficient (Wildman–Crippen LogP) is 3.54. The Morgan fingerprint density at radius 2 is 1.88 bits per heavy atom. The highest BCUT2D eigenvalue weighted by Crippen LogP contribution is 2.33. The SMILES string of the molecule is CC(C)(O)CNc1ccc(C(F)(F)F)cc1Cl. The van der Waals surface area contributed by atoms with Gasteiger partial charge in [-0.05, 0) is 32.0 Å². The number of aliphatic hydroxyl groups is 1. The Morgan fingerprint density at radius 1 is 1.29 bits per heavy atom. The van der Waals surface area contributed by atoms with Crippen LogP contribution in [-0.2, 0) is 6.18 Å². The van der Waals surface area contributed by atoms with Crippen molar-refractivity contribution in [2.45, 2.75) is 25.6 Å². The fourth-order valence-electron chi connectivity index (χ4n) is 1.15. The van der Waals surface area contributed by atoms with Gasteiger partial charge in [0, 0.05) is 6.54 Å². The van der Waals surface area contributed by atoms with E-state index >= 15 is 0 Å². The Balaban J connectivity index is 2.84. The summed E-state index contributed by atoms with van der Waals surface area (Å²) in [5.41, 5.74) is -1.40. The molecule has 0 aromatic heterocycles. The van der Waals surface area contributed by atoms with Crippen LogP contribution < -0.4 is 5.32 Å². The zero-order chi connectivity index (χ0) is 13.3. The molecule has 0 fully saturated rings. The number of hydrogen-bond acceptors (Lipinski definition) is 2. The van der Waals surface area contributed by atoms with Gasteiger partial charge in [-0.3, -0.25) is 0 Å². The monoisotopic (exact) mass is 267 g/mol. The third-order valence-corrected chi connectivity index (χ3v) is 2.32. The zero-order valence-electron chi connectivity index (χ0n) is 9.40. The van der Waals surface area contributed by atoms with Crippen LogP contribution in [0, 0.1) is 0 Å². The average Bonchev–Trinajstić information content (AvgIpc) is 2.12. The molecule has 0 aliphatic heterocycles. The molecule has 0 spiro atoms. The minimum atomic E-state index is -4.40. The summed E-state index contributed by atoms with van der Waals surface area (Å²) in [6, 6.07) is 3.05. The first-order valence-electron chi connectivity index (χ1n) is 4.92. The molecule has 1 aromatic rings. The van der Waals surface area contributed by atoms with Crippen molar-refractivity contribution in [2.75, 3.05) is 11.9 Å². The molecule has 0 amide bonds. The number of anilines is 1. The molecular weight excluding hydrogens is 255 g/mol. The summed E-state index contributed by atoms with van der Waals surface area (Å²) in [4.78, 5) is 0. The van der Waals surface area contributed by atoms with E-state index < -0.39 is 17.3 Å². The molecule has 0 heterocycles. The molecule has 0 atom stereocenters. The second-order valence-electron chi connectivity index (χ2n) is 4.36. The molecule has 0 radical (unpaired) electrons. The van der Waals surface area contributed by atoms with E-state index in [1.54, 1.807) is 13.8 Å². The van der Waals surface area contributed by atoms with Crippen LogP contribution >= 0.6 is 11.6 Å². The number of alkyl halides is 3. The third-order valence-electron chi connectivity index (χ3n) is 2.01. The van der Waals surface area contributed by atoms with E-state index in [-0.39, 0.29) is 11.6 Å². The van der Waals surface area contributed by atoms with Gasteiger partial charge in [-0.15, -0.1) is 0 Å². The molecule has 96 valence electrons. The summed E-state index contributed by atoms with van der Waals surface area (Å²) in [7, 11) is 0. The zero-order valence-corrected chi connectivity index (χ0v) is 10.2. The molecule has 0 saturated carbocycles. The Morgan fingerprint density at radius 3 is 2.29 bits per heavy atom. The molecular formula is C11H13ClF3NO. The van der Waals surface area contributed by atoms with Crippen molar-refractivity contribution in [3.63, 3.8) is 0 Å². The summed E-state index contributed by atoms with van der Waals surface area (Å²) in [5, 5.41) is 12.2. The fraction of sp³-hybridized carbons (Fsp3) is 0.455. The van der Waals surface area contributed by atoms with Crippen molar-refractivity contribution in [2.24, 2.45) is 0 Å². The molecule has 0 aliphatic rings. The molecule has 0 bridgehead atoms.